The van der Waals surface area contributed by atoms with Crippen LogP contribution in [0.3, 0.4) is 0 Å². The van der Waals surface area contributed by atoms with Crippen LogP contribution < -0.4 is 5.56 Å². The van der Waals surface area contributed by atoms with Crippen LogP contribution in [0.4, 0.5) is 8.78 Å². The lowest BCUT2D eigenvalue weighted by Crippen LogP contribution is -2.48. The van der Waals surface area contributed by atoms with Crippen LogP contribution in [0.15, 0.2) is 77.7 Å². The van der Waals surface area contributed by atoms with Gasteiger partial charge in [-0.2, -0.15) is 0 Å². The summed E-state index contributed by atoms with van der Waals surface area (Å²) < 4.78 is 28.7. The third kappa shape index (κ3) is 5.01. The first-order valence-electron chi connectivity index (χ1n) is 11.9. The fourth-order valence-corrected chi connectivity index (χ4v) is 4.94. The topological polar surface area (TPSA) is 40.9 Å². The molecule has 4 aromatic rings. The SMILES string of the molecule is Cc1nc2ccccn2c(=O)c1CCN1CCN(C(c2ccc(F)cc2)c2ccc(F)cc2)CC1. The second-order valence-corrected chi connectivity index (χ2v) is 9.04. The Morgan fingerprint density at radius 3 is 2.06 bits per heavy atom. The summed E-state index contributed by atoms with van der Waals surface area (Å²) in [5.74, 6) is -0.545. The van der Waals surface area contributed by atoms with Gasteiger partial charge in [0.1, 0.15) is 17.3 Å². The van der Waals surface area contributed by atoms with E-state index in [1.807, 2.05) is 25.1 Å². The molecule has 1 fully saturated rings. The molecule has 0 radical (unpaired) electrons. The fourth-order valence-electron chi connectivity index (χ4n) is 4.94. The molecule has 0 bridgehead atoms. The highest BCUT2D eigenvalue weighted by Crippen LogP contribution is 2.30. The molecule has 0 spiro atoms. The minimum absolute atomic E-state index is 0.000537. The number of aromatic nitrogens is 2. The van der Waals surface area contributed by atoms with Gasteiger partial charge in [0.25, 0.3) is 5.56 Å². The van der Waals surface area contributed by atoms with E-state index in [-0.39, 0.29) is 23.2 Å². The maximum Gasteiger partial charge on any atom is 0.261 e. The van der Waals surface area contributed by atoms with Crippen molar-refractivity contribution in [2.75, 3.05) is 32.7 Å². The van der Waals surface area contributed by atoms with Gasteiger partial charge >= 0.3 is 0 Å². The van der Waals surface area contributed by atoms with Crippen molar-refractivity contribution in [2.24, 2.45) is 0 Å². The lowest BCUT2D eigenvalue weighted by Gasteiger charge is -2.40. The molecular weight excluding hydrogens is 446 g/mol. The molecule has 1 aliphatic heterocycles. The summed E-state index contributed by atoms with van der Waals surface area (Å²) in [6, 6.07) is 18.6. The Kier molecular flexibility index (Phi) is 6.70. The van der Waals surface area contributed by atoms with Crippen LogP contribution in [0.2, 0.25) is 0 Å². The Labute approximate surface area is 203 Å². The number of benzene rings is 2. The molecule has 7 heteroatoms. The molecule has 1 aliphatic rings. The van der Waals surface area contributed by atoms with Crippen molar-refractivity contribution in [3.63, 3.8) is 0 Å². The average molecular weight is 475 g/mol. The van der Waals surface area contributed by atoms with Crippen molar-refractivity contribution in [1.82, 2.24) is 19.2 Å². The van der Waals surface area contributed by atoms with Crippen LogP contribution in [-0.2, 0) is 6.42 Å². The number of piperazine rings is 1. The van der Waals surface area contributed by atoms with Crippen molar-refractivity contribution < 1.29 is 8.78 Å². The van der Waals surface area contributed by atoms with Gasteiger partial charge in [0.15, 0.2) is 0 Å². The van der Waals surface area contributed by atoms with Gasteiger partial charge in [0.2, 0.25) is 0 Å². The number of aryl methyl sites for hydroxylation is 1. The Morgan fingerprint density at radius 2 is 1.46 bits per heavy atom. The van der Waals surface area contributed by atoms with Gasteiger partial charge in [-0.3, -0.25) is 14.1 Å². The molecule has 2 aromatic heterocycles. The second kappa shape index (κ2) is 10.1. The van der Waals surface area contributed by atoms with Crippen LogP contribution in [0.5, 0.6) is 0 Å². The zero-order valence-electron chi connectivity index (χ0n) is 19.7. The number of halogens is 2. The summed E-state index contributed by atoms with van der Waals surface area (Å²) in [6.07, 6.45) is 2.41. The van der Waals surface area contributed by atoms with E-state index in [9.17, 15) is 13.6 Å². The first-order valence-corrected chi connectivity index (χ1v) is 11.9. The number of hydrogen-bond acceptors (Lipinski definition) is 4. The van der Waals surface area contributed by atoms with E-state index in [4.69, 9.17) is 0 Å². The van der Waals surface area contributed by atoms with Crippen LogP contribution in [-0.4, -0.2) is 51.9 Å². The maximum atomic E-state index is 13.6. The third-order valence-electron chi connectivity index (χ3n) is 6.86. The van der Waals surface area contributed by atoms with Crippen molar-refractivity contribution in [2.45, 2.75) is 19.4 Å². The Hall–Kier alpha value is -3.42. The molecule has 0 saturated carbocycles. The average Bonchev–Trinajstić information content (AvgIpc) is 2.87. The second-order valence-electron chi connectivity index (χ2n) is 9.04. The van der Waals surface area contributed by atoms with Crippen LogP contribution in [0.1, 0.15) is 28.4 Å². The molecule has 0 unspecified atom stereocenters. The smallest absolute Gasteiger partial charge is 0.261 e. The van der Waals surface area contributed by atoms with E-state index in [2.05, 4.69) is 14.8 Å². The van der Waals surface area contributed by atoms with E-state index < -0.39 is 0 Å². The number of hydrogen-bond donors (Lipinski definition) is 0. The quantitative estimate of drug-likeness (QED) is 0.419. The Morgan fingerprint density at radius 1 is 0.857 bits per heavy atom. The minimum atomic E-state index is -0.272. The summed E-state index contributed by atoms with van der Waals surface area (Å²) in [5, 5.41) is 0. The first-order chi connectivity index (χ1) is 17.0. The fraction of sp³-hybridized carbons (Fsp3) is 0.286. The Balaban J connectivity index is 1.29. The summed E-state index contributed by atoms with van der Waals surface area (Å²) in [6.45, 7) is 6.00. The minimum Gasteiger partial charge on any atom is -0.300 e. The molecule has 5 rings (SSSR count). The largest absolute Gasteiger partial charge is 0.300 e. The standard InChI is InChI=1S/C28H28F2N4O/c1-20-25(28(35)34-14-3-2-4-26(34)31-20)13-15-32-16-18-33(19-17-32)27(21-5-9-23(29)10-6-21)22-7-11-24(30)12-8-22/h2-12,14,27H,13,15-19H2,1H3. The highest BCUT2D eigenvalue weighted by Gasteiger charge is 2.27. The van der Waals surface area contributed by atoms with E-state index >= 15 is 0 Å². The number of pyridine rings is 1. The predicted octanol–water partition coefficient (Wildman–Crippen LogP) is 4.23. The number of rotatable bonds is 6. The first kappa shape index (κ1) is 23.3. The zero-order valence-corrected chi connectivity index (χ0v) is 19.7. The monoisotopic (exact) mass is 474 g/mol. The molecule has 0 amide bonds. The molecule has 5 nitrogen and oxygen atoms in total. The molecule has 3 heterocycles. The highest BCUT2D eigenvalue weighted by molar-refractivity contribution is 5.40. The van der Waals surface area contributed by atoms with E-state index in [0.717, 1.165) is 55.1 Å². The van der Waals surface area contributed by atoms with Crippen molar-refractivity contribution >= 4 is 5.65 Å². The summed E-state index contributed by atoms with van der Waals surface area (Å²) in [5.41, 5.74) is 4.17. The van der Waals surface area contributed by atoms with Gasteiger partial charge in [0, 0.05) is 50.2 Å². The van der Waals surface area contributed by atoms with Crippen molar-refractivity contribution in [1.29, 1.82) is 0 Å². The lowest BCUT2D eigenvalue weighted by atomic mass is 9.96. The summed E-state index contributed by atoms with van der Waals surface area (Å²) in [7, 11) is 0. The Bertz CT molecular complexity index is 1320. The van der Waals surface area contributed by atoms with Gasteiger partial charge in [-0.05, 0) is 60.9 Å². The molecule has 180 valence electrons. The molecule has 0 aliphatic carbocycles. The molecule has 2 aromatic carbocycles. The summed E-state index contributed by atoms with van der Waals surface area (Å²) >= 11 is 0. The van der Waals surface area contributed by atoms with Crippen LogP contribution in [0.25, 0.3) is 5.65 Å². The van der Waals surface area contributed by atoms with Gasteiger partial charge < -0.3 is 4.90 Å². The molecule has 1 saturated heterocycles. The van der Waals surface area contributed by atoms with Crippen LogP contribution in [0, 0.1) is 18.6 Å². The van der Waals surface area contributed by atoms with E-state index in [1.54, 1.807) is 34.9 Å². The van der Waals surface area contributed by atoms with E-state index in [0.29, 0.717) is 12.1 Å². The molecule has 35 heavy (non-hydrogen) atoms. The zero-order chi connectivity index (χ0) is 24.4. The predicted molar refractivity (Wildman–Crippen MR) is 133 cm³/mol. The number of nitrogens with zero attached hydrogens (tertiary/aromatic N) is 4. The van der Waals surface area contributed by atoms with E-state index in [1.165, 1.54) is 24.3 Å². The van der Waals surface area contributed by atoms with Crippen molar-refractivity contribution in [3.05, 3.63) is 117 Å². The van der Waals surface area contributed by atoms with Gasteiger partial charge in [0.05, 0.1) is 6.04 Å². The summed E-state index contributed by atoms with van der Waals surface area (Å²) in [4.78, 5) is 22.3. The van der Waals surface area contributed by atoms with Gasteiger partial charge in [-0.15, -0.1) is 0 Å². The van der Waals surface area contributed by atoms with Crippen LogP contribution >= 0.6 is 0 Å². The highest BCUT2D eigenvalue weighted by atomic mass is 19.1. The maximum absolute atomic E-state index is 13.6. The number of fused-ring (bicyclic) bond motifs is 1. The molecular formula is C28H28F2N4O. The molecule has 0 N–H and O–H groups in total. The lowest BCUT2D eigenvalue weighted by molar-refractivity contribution is 0.110. The molecule has 0 atom stereocenters. The third-order valence-corrected chi connectivity index (χ3v) is 6.86. The normalized spacial score (nSPS) is 15.2. The van der Waals surface area contributed by atoms with Gasteiger partial charge in [-0.25, -0.2) is 13.8 Å². The van der Waals surface area contributed by atoms with Gasteiger partial charge in [-0.1, -0.05) is 30.3 Å². The van der Waals surface area contributed by atoms with Crippen molar-refractivity contribution in [3.8, 4) is 0 Å².